The maximum atomic E-state index is 12.9. The molecule has 4 rings (SSSR count). The third-order valence-corrected chi connectivity index (χ3v) is 5.96. The Balaban J connectivity index is 0.000000960. The highest BCUT2D eigenvalue weighted by Crippen LogP contribution is 2.48. The van der Waals surface area contributed by atoms with Gasteiger partial charge < -0.3 is 10.6 Å². The van der Waals surface area contributed by atoms with Crippen LogP contribution in [0, 0.1) is 17.8 Å². The zero-order valence-electron chi connectivity index (χ0n) is 13.4. The largest absolute Gasteiger partial charge is 0.342 e. The molecule has 2 bridgehead atoms. The van der Waals surface area contributed by atoms with Gasteiger partial charge >= 0.3 is 0 Å². The maximum absolute atomic E-state index is 12.9. The van der Waals surface area contributed by atoms with Gasteiger partial charge in [0.15, 0.2) is 0 Å². The lowest BCUT2D eigenvalue weighted by Gasteiger charge is -2.30. The maximum Gasteiger partial charge on any atom is 0.227 e. The predicted octanol–water partition coefficient (Wildman–Crippen LogP) is 1.95. The summed E-state index contributed by atoms with van der Waals surface area (Å²) in [6.07, 6.45) is 8.66. The number of aromatic nitrogens is 2. The number of carbonyl (C=O) groups is 1. The molecule has 0 radical (unpaired) electrons. The lowest BCUT2D eigenvalue weighted by atomic mass is 9.84. The van der Waals surface area contributed by atoms with Crippen LogP contribution in [0.2, 0.25) is 0 Å². The minimum Gasteiger partial charge on any atom is -0.342 e. The first-order chi connectivity index (χ1) is 10.1. The zero-order valence-corrected chi connectivity index (χ0v) is 15.1. The van der Waals surface area contributed by atoms with Crippen molar-refractivity contribution in [2.45, 2.75) is 37.6 Å². The van der Waals surface area contributed by atoms with Crippen LogP contribution in [0.3, 0.4) is 0 Å². The van der Waals surface area contributed by atoms with Crippen molar-refractivity contribution < 1.29 is 4.79 Å². The molecule has 1 saturated heterocycles. The number of nitrogens with zero attached hydrogens (tertiary/aromatic N) is 3. The molecule has 1 amide bonds. The first kappa shape index (κ1) is 18.6. The molecule has 5 unspecified atom stereocenters. The highest BCUT2D eigenvalue weighted by Gasteiger charge is 2.50. The standard InChI is InChI=1S/C16H24N4O.2ClH/c1-19-8-13(7-18-19)12-4-5-20(9-12)16(21)14-10-2-3-11(6-10)15(14)17;;/h7-8,10-12,14-15H,2-6,9,17H2,1H3;2*1H. The monoisotopic (exact) mass is 360 g/mol. The van der Waals surface area contributed by atoms with Crippen LogP contribution in [0.15, 0.2) is 12.4 Å². The van der Waals surface area contributed by atoms with Crippen LogP contribution in [0.5, 0.6) is 0 Å². The van der Waals surface area contributed by atoms with Gasteiger partial charge in [0.25, 0.3) is 0 Å². The van der Waals surface area contributed by atoms with Crippen LogP contribution in [0.1, 0.15) is 37.2 Å². The molecule has 0 aromatic carbocycles. The van der Waals surface area contributed by atoms with Gasteiger partial charge in [-0.15, -0.1) is 24.8 Å². The van der Waals surface area contributed by atoms with Crippen LogP contribution in [0.4, 0.5) is 0 Å². The Bertz CT molecular complexity index is 562. The summed E-state index contributed by atoms with van der Waals surface area (Å²) in [4.78, 5) is 14.9. The van der Waals surface area contributed by atoms with Crippen molar-refractivity contribution in [3.63, 3.8) is 0 Å². The van der Waals surface area contributed by atoms with E-state index in [1.807, 2.05) is 17.9 Å². The molecule has 3 aliphatic rings. The molecule has 3 fully saturated rings. The van der Waals surface area contributed by atoms with Gasteiger partial charge in [-0.05, 0) is 43.1 Å². The van der Waals surface area contributed by atoms with E-state index in [-0.39, 0.29) is 36.8 Å². The number of nitrogens with two attached hydrogens (primary N) is 1. The minimum atomic E-state index is 0. The summed E-state index contributed by atoms with van der Waals surface area (Å²) >= 11 is 0. The zero-order chi connectivity index (χ0) is 14.6. The van der Waals surface area contributed by atoms with E-state index in [0.717, 1.165) is 19.5 Å². The van der Waals surface area contributed by atoms with Crippen molar-refractivity contribution >= 4 is 30.7 Å². The van der Waals surface area contributed by atoms with E-state index in [4.69, 9.17) is 5.73 Å². The molecule has 5 nitrogen and oxygen atoms in total. The van der Waals surface area contributed by atoms with Gasteiger partial charge in [0.2, 0.25) is 5.91 Å². The number of likely N-dealkylation sites (tertiary alicyclic amines) is 1. The van der Waals surface area contributed by atoms with Crippen molar-refractivity contribution in [1.29, 1.82) is 0 Å². The van der Waals surface area contributed by atoms with Gasteiger partial charge in [0, 0.05) is 38.3 Å². The second-order valence-electron chi connectivity index (χ2n) is 7.15. The van der Waals surface area contributed by atoms with Crippen LogP contribution in [-0.2, 0) is 11.8 Å². The van der Waals surface area contributed by atoms with E-state index >= 15 is 0 Å². The summed E-state index contributed by atoms with van der Waals surface area (Å²) in [5.74, 6) is 2.01. The fourth-order valence-corrected chi connectivity index (χ4v) is 4.80. The SMILES string of the molecule is Cl.Cl.Cn1cc(C2CCN(C(=O)C3C4CCC(C4)C3N)C2)cn1. The molecular weight excluding hydrogens is 335 g/mol. The van der Waals surface area contributed by atoms with Crippen molar-refractivity contribution in [3.05, 3.63) is 18.0 Å². The fraction of sp³-hybridized carbons (Fsp3) is 0.750. The molecule has 2 heterocycles. The second kappa shape index (κ2) is 6.99. The molecule has 2 saturated carbocycles. The van der Waals surface area contributed by atoms with Crippen molar-refractivity contribution in [1.82, 2.24) is 14.7 Å². The smallest absolute Gasteiger partial charge is 0.227 e. The van der Waals surface area contributed by atoms with Crippen LogP contribution in [0.25, 0.3) is 0 Å². The number of amides is 1. The van der Waals surface area contributed by atoms with E-state index in [9.17, 15) is 4.79 Å². The number of rotatable bonds is 2. The normalized spacial score (nSPS) is 35.0. The number of carbonyl (C=O) groups excluding carboxylic acids is 1. The van der Waals surface area contributed by atoms with E-state index in [1.165, 1.54) is 24.8 Å². The third kappa shape index (κ3) is 3.11. The van der Waals surface area contributed by atoms with Gasteiger partial charge in [-0.2, -0.15) is 5.10 Å². The summed E-state index contributed by atoms with van der Waals surface area (Å²) in [5.41, 5.74) is 7.58. The van der Waals surface area contributed by atoms with E-state index < -0.39 is 0 Å². The quantitative estimate of drug-likeness (QED) is 0.876. The number of aryl methyl sites for hydroxylation is 1. The van der Waals surface area contributed by atoms with Gasteiger partial charge in [0.05, 0.1) is 12.1 Å². The Hall–Kier alpha value is -0.780. The highest BCUT2D eigenvalue weighted by molar-refractivity contribution is 5.85. The summed E-state index contributed by atoms with van der Waals surface area (Å²) < 4.78 is 1.84. The molecule has 2 N–H and O–H groups in total. The Labute approximate surface area is 149 Å². The van der Waals surface area contributed by atoms with Crippen molar-refractivity contribution in [3.8, 4) is 0 Å². The molecule has 1 aliphatic heterocycles. The molecule has 2 aliphatic carbocycles. The molecule has 1 aromatic rings. The lowest BCUT2D eigenvalue weighted by Crippen LogP contribution is -2.46. The molecule has 1 aromatic heterocycles. The van der Waals surface area contributed by atoms with Crippen LogP contribution < -0.4 is 5.73 Å². The Morgan fingerprint density at radius 2 is 2.00 bits per heavy atom. The van der Waals surface area contributed by atoms with Gasteiger partial charge in [-0.25, -0.2) is 0 Å². The molecule has 0 spiro atoms. The van der Waals surface area contributed by atoms with Gasteiger partial charge in [-0.1, -0.05) is 0 Å². The molecule has 130 valence electrons. The van der Waals surface area contributed by atoms with Crippen LogP contribution in [-0.4, -0.2) is 39.7 Å². The fourth-order valence-electron chi connectivity index (χ4n) is 4.80. The Morgan fingerprint density at radius 3 is 2.61 bits per heavy atom. The summed E-state index contributed by atoms with van der Waals surface area (Å²) in [6.45, 7) is 1.71. The van der Waals surface area contributed by atoms with Gasteiger partial charge in [-0.3, -0.25) is 9.48 Å². The third-order valence-electron chi connectivity index (χ3n) is 5.96. The first-order valence-corrected chi connectivity index (χ1v) is 8.16. The van der Waals surface area contributed by atoms with Crippen molar-refractivity contribution in [2.24, 2.45) is 30.5 Å². The van der Waals surface area contributed by atoms with E-state index in [0.29, 0.717) is 23.7 Å². The summed E-state index contributed by atoms with van der Waals surface area (Å²) in [6, 6.07) is 0.105. The van der Waals surface area contributed by atoms with E-state index in [1.54, 1.807) is 0 Å². The van der Waals surface area contributed by atoms with Crippen LogP contribution >= 0.6 is 24.8 Å². The summed E-state index contributed by atoms with van der Waals surface area (Å²) in [5, 5.41) is 4.24. The first-order valence-electron chi connectivity index (χ1n) is 8.16. The van der Waals surface area contributed by atoms with Crippen molar-refractivity contribution in [2.75, 3.05) is 13.1 Å². The summed E-state index contributed by atoms with van der Waals surface area (Å²) in [7, 11) is 1.94. The number of halogens is 2. The Morgan fingerprint density at radius 1 is 1.26 bits per heavy atom. The average Bonchev–Trinajstić information content (AvgIpc) is 3.21. The Kier molecular flexibility index (Phi) is 5.64. The topological polar surface area (TPSA) is 64.2 Å². The van der Waals surface area contributed by atoms with E-state index in [2.05, 4.69) is 16.2 Å². The average molecular weight is 361 g/mol. The number of hydrogen-bond acceptors (Lipinski definition) is 3. The molecule has 7 heteroatoms. The second-order valence-corrected chi connectivity index (χ2v) is 7.15. The minimum absolute atomic E-state index is 0. The molecular formula is C16H26Cl2N4O. The number of fused-ring (bicyclic) bond motifs is 2. The number of hydrogen-bond donors (Lipinski definition) is 1. The molecule has 5 atom stereocenters. The predicted molar refractivity (Wildman–Crippen MR) is 93.9 cm³/mol. The van der Waals surface area contributed by atoms with Gasteiger partial charge in [0.1, 0.15) is 0 Å². The lowest BCUT2D eigenvalue weighted by molar-refractivity contribution is -0.136. The molecule has 23 heavy (non-hydrogen) atoms. The highest BCUT2D eigenvalue weighted by atomic mass is 35.5.